The maximum Gasteiger partial charge on any atom is 0.309 e. The molecule has 5 rings (SSSR count). The molecule has 3 atom stereocenters. The molecule has 2 aliphatic heterocycles. The summed E-state index contributed by atoms with van der Waals surface area (Å²) in [5.74, 6) is -2.37. The first-order valence-electron chi connectivity index (χ1n) is 14.6. The highest BCUT2D eigenvalue weighted by atomic mass is 32.2. The summed E-state index contributed by atoms with van der Waals surface area (Å²) in [6, 6.07) is 12.2. The monoisotopic (exact) mass is 626 g/mol. The van der Waals surface area contributed by atoms with Gasteiger partial charge in [-0.05, 0) is 77.7 Å². The minimum Gasteiger partial charge on any atom is -0.493 e. The summed E-state index contributed by atoms with van der Waals surface area (Å²) in [5.41, 5.74) is 3.08. The van der Waals surface area contributed by atoms with Crippen molar-refractivity contribution in [3.63, 3.8) is 0 Å². The van der Waals surface area contributed by atoms with Crippen LogP contribution >= 0.6 is 11.8 Å². The lowest BCUT2D eigenvalue weighted by atomic mass is 9.82. The number of amides is 1. The number of likely N-dealkylation sites (tertiary alicyclic amines) is 1. The van der Waals surface area contributed by atoms with Crippen molar-refractivity contribution in [2.75, 3.05) is 43.8 Å². The van der Waals surface area contributed by atoms with Gasteiger partial charge >= 0.3 is 5.97 Å². The van der Waals surface area contributed by atoms with Crippen LogP contribution in [-0.4, -0.2) is 60.4 Å². The minimum atomic E-state index is -1.07. The normalized spacial score (nSPS) is 19.2. The molecule has 0 spiro atoms. The summed E-state index contributed by atoms with van der Waals surface area (Å²) >= 11 is 1.67. The van der Waals surface area contributed by atoms with E-state index in [1.165, 1.54) is 18.2 Å². The first kappa shape index (κ1) is 31.6. The molecular formula is C33H36F2N2O6S. The maximum atomic E-state index is 15.0. The SMILES string of the molecule is CCc1cc(F)cc(CC)c1NC(=O)CN1C[C@H](c2cc(F)c3c(c2)OCO3)C(C(=O)O)[C@@H]1c1ccc(OCCSC)cc1. The van der Waals surface area contributed by atoms with E-state index in [9.17, 15) is 23.5 Å². The quantitative estimate of drug-likeness (QED) is 0.235. The lowest BCUT2D eigenvalue weighted by molar-refractivity contribution is -0.143. The molecule has 1 amide bonds. The van der Waals surface area contributed by atoms with Gasteiger partial charge in [-0.15, -0.1) is 0 Å². The van der Waals surface area contributed by atoms with Crippen LogP contribution in [0.5, 0.6) is 17.2 Å². The number of aryl methyl sites for hydroxylation is 2. The third kappa shape index (κ3) is 6.63. The Morgan fingerprint density at radius 2 is 1.75 bits per heavy atom. The molecule has 2 aliphatic rings. The number of ether oxygens (including phenoxy) is 3. The molecule has 234 valence electrons. The average molecular weight is 627 g/mol. The van der Waals surface area contributed by atoms with Crippen LogP contribution in [0, 0.1) is 17.6 Å². The molecule has 44 heavy (non-hydrogen) atoms. The molecule has 0 radical (unpaired) electrons. The highest BCUT2D eigenvalue weighted by molar-refractivity contribution is 7.98. The van der Waals surface area contributed by atoms with Crippen LogP contribution in [0.3, 0.4) is 0 Å². The van der Waals surface area contributed by atoms with E-state index in [1.54, 1.807) is 30.0 Å². The summed E-state index contributed by atoms with van der Waals surface area (Å²) < 4.78 is 45.6. The number of carbonyl (C=O) groups excluding carboxylic acids is 1. The molecule has 3 aromatic carbocycles. The van der Waals surface area contributed by atoms with Gasteiger partial charge in [0.1, 0.15) is 11.6 Å². The Kier molecular flexibility index (Phi) is 9.95. The molecule has 0 saturated carbocycles. The van der Waals surface area contributed by atoms with Crippen molar-refractivity contribution in [3.8, 4) is 17.2 Å². The second-order valence-electron chi connectivity index (χ2n) is 10.8. The van der Waals surface area contributed by atoms with Crippen LogP contribution in [0.25, 0.3) is 0 Å². The largest absolute Gasteiger partial charge is 0.493 e. The van der Waals surface area contributed by atoms with Gasteiger partial charge < -0.3 is 24.6 Å². The van der Waals surface area contributed by atoms with Gasteiger partial charge in [-0.1, -0.05) is 26.0 Å². The van der Waals surface area contributed by atoms with E-state index >= 15 is 0 Å². The summed E-state index contributed by atoms with van der Waals surface area (Å²) in [4.78, 5) is 28.3. The number of halogens is 2. The van der Waals surface area contributed by atoms with Crippen molar-refractivity contribution < 1.29 is 37.7 Å². The van der Waals surface area contributed by atoms with Crippen molar-refractivity contribution in [1.29, 1.82) is 0 Å². The molecule has 1 unspecified atom stereocenters. The predicted octanol–water partition coefficient (Wildman–Crippen LogP) is 6.04. The van der Waals surface area contributed by atoms with Crippen LogP contribution in [0.15, 0.2) is 48.5 Å². The Hall–Kier alpha value is -3.83. The number of carbonyl (C=O) groups is 2. The number of anilines is 1. The zero-order chi connectivity index (χ0) is 31.4. The molecule has 11 heteroatoms. The number of carboxylic acid groups (broad SMARTS) is 1. The Labute approximate surface area is 259 Å². The van der Waals surface area contributed by atoms with Crippen LogP contribution in [0.4, 0.5) is 14.5 Å². The average Bonchev–Trinajstić information content (AvgIpc) is 3.64. The van der Waals surface area contributed by atoms with E-state index in [-0.39, 0.29) is 43.1 Å². The lowest BCUT2D eigenvalue weighted by Gasteiger charge is -2.27. The third-order valence-electron chi connectivity index (χ3n) is 8.18. The van der Waals surface area contributed by atoms with Crippen molar-refractivity contribution in [2.45, 2.75) is 38.6 Å². The lowest BCUT2D eigenvalue weighted by Crippen LogP contribution is -2.35. The zero-order valence-corrected chi connectivity index (χ0v) is 25.7. The van der Waals surface area contributed by atoms with Crippen molar-refractivity contribution in [1.82, 2.24) is 4.90 Å². The summed E-state index contributed by atoms with van der Waals surface area (Å²) in [6.45, 7) is 4.24. The number of benzene rings is 3. The highest BCUT2D eigenvalue weighted by Crippen LogP contribution is 2.48. The van der Waals surface area contributed by atoms with Gasteiger partial charge in [0, 0.05) is 29.9 Å². The number of nitrogens with one attached hydrogen (secondary N) is 1. The molecule has 0 aromatic heterocycles. The molecule has 2 N–H and O–H groups in total. The van der Waals surface area contributed by atoms with Gasteiger partial charge in [0.15, 0.2) is 11.6 Å². The Bertz CT molecular complexity index is 1490. The van der Waals surface area contributed by atoms with Gasteiger partial charge in [-0.3, -0.25) is 14.5 Å². The molecule has 2 heterocycles. The molecule has 0 bridgehead atoms. The number of aliphatic carboxylic acids is 1. The second kappa shape index (κ2) is 13.9. The van der Waals surface area contributed by atoms with Gasteiger partial charge in [-0.25, -0.2) is 8.78 Å². The van der Waals surface area contributed by atoms with Gasteiger partial charge in [-0.2, -0.15) is 11.8 Å². The molecule has 0 aliphatic carbocycles. The molecule has 1 fully saturated rings. The summed E-state index contributed by atoms with van der Waals surface area (Å²) in [6.07, 6.45) is 3.04. The Morgan fingerprint density at radius 3 is 2.39 bits per heavy atom. The fourth-order valence-electron chi connectivity index (χ4n) is 6.14. The smallest absolute Gasteiger partial charge is 0.309 e. The first-order chi connectivity index (χ1) is 21.2. The van der Waals surface area contributed by atoms with E-state index in [2.05, 4.69) is 5.32 Å². The maximum absolute atomic E-state index is 15.0. The number of fused-ring (bicyclic) bond motifs is 1. The summed E-state index contributed by atoms with van der Waals surface area (Å²) in [7, 11) is 0. The molecular weight excluding hydrogens is 590 g/mol. The van der Waals surface area contributed by atoms with Gasteiger partial charge in [0.2, 0.25) is 18.4 Å². The number of hydrogen-bond acceptors (Lipinski definition) is 7. The second-order valence-corrected chi connectivity index (χ2v) is 11.8. The van der Waals surface area contributed by atoms with E-state index < -0.39 is 29.7 Å². The van der Waals surface area contributed by atoms with E-state index in [0.29, 0.717) is 53.1 Å². The zero-order valence-electron chi connectivity index (χ0n) is 24.9. The number of hydrogen-bond donors (Lipinski definition) is 2. The first-order valence-corrected chi connectivity index (χ1v) is 16.0. The third-order valence-corrected chi connectivity index (χ3v) is 8.75. The minimum absolute atomic E-state index is 0.00113. The molecule has 8 nitrogen and oxygen atoms in total. The van der Waals surface area contributed by atoms with Crippen LogP contribution in [0.1, 0.15) is 48.1 Å². The molecule has 1 saturated heterocycles. The standard InChI is InChI=1S/C33H36F2N2O6S/c1-4-19-12-23(34)13-20(5-2)30(19)36-28(38)17-37-16-25(22-14-26(35)32-27(15-22)42-18-43-32)29(33(39)40)31(37)21-6-8-24(9-7-21)41-10-11-44-3/h6-9,12-15,25,29,31H,4-5,10-11,16-18H2,1-3H3,(H,36,38)(H,39,40)/t25-,29?,31+/m1/s1. The van der Waals surface area contributed by atoms with E-state index in [0.717, 1.165) is 5.75 Å². The van der Waals surface area contributed by atoms with E-state index in [1.807, 2.05) is 37.1 Å². The van der Waals surface area contributed by atoms with Crippen molar-refractivity contribution in [2.24, 2.45) is 5.92 Å². The van der Waals surface area contributed by atoms with Crippen LogP contribution in [0.2, 0.25) is 0 Å². The fourth-order valence-corrected chi connectivity index (χ4v) is 6.39. The number of rotatable bonds is 12. The highest BCUT2D eigenvalue weighted by Gasteiger charge is 2.48. The number of thioether (sulfide) groups is 1. The topological polar surface area (TPSA) is 97.3 Å². The number of nitrogens with zero attached hydrogens (tertiary/aromatic N) is 1. The number of carboxylic acids is 1. The van der Waals surface area contributed by atoms with Crippen molar-refractivity contribution >= 4 is 29.3 Å². The van der Waals surface area contributed by atoms with Crippen molar-refractivity contribution in [3.05, 3.63) is 82.4 Å². The van der Waals surface area contributed by atoms with Gasteiger partial charge in [0.05, 0.1) is 19.1 Å². The van der Waals surface area contributed by atoms with Gasteiger partial charge in [0.25, 0.3) is 0 Å². The fraction of sp³-hybridized carbons (Fsp3) is 0.394. The Balaban J connectivity index is 1.48. The molecule has 3 aromatic rings. The summed E-state index contributed by atoms with van der Waals surface area (Å²) in [5, 5.41) is 13.5. The van der Waals surface area contributed by atoms with E-state index in [4.69, 9.17) is 14.2 Å². The predicted molar refractivity (Wildman–Crippen MR) is 165 cm³/mol. The van der Waals surface area contributed by atoms with Crippen LogP contribution in [-0.2, 0) is 22.4 Å². The van der Waals surface area contributed by atoms with Crippen LogP contribution < -0.4 is 19.5 Å². The Morgan fingerprint density at radius 1 is 1.05 bits per heavy atom.